The van der Waals surface area contributed by atoms with Gasteiger partial charge in [-0.3, -0.25) is 4.79 Å². The van der Waals surface area contributed by atoms with Crippen LogP contribution in [-0.4, -0.2) is 35.3 Å². The predicted octanol–water partition coefficient (Wildman–Crippen LogP) is 6.57. The van der Waals surface area contributed by atoms with E-state index in [9.17, 15) is 14.3 Å². The van der Waals surface area contributed by atoms with Gasteiger partial charge in [-0.15, -0.1) is 0 Å². The molecule has 2 N–H and O–H groups in total. The van der Waals surface area contributed by atoms with E-state index in [1.807, 2.05) is 6.07 Å². The van der Waals surface area contributed by atoms with Crippen LogP contribution < -0.4 is 10.1 Å². The first-order valence-corrected chi connectivity index (χ1v) is 13.8. The molecule has 6 heteroatoms. The number of aromatic nitrogens is 1. The summed E-state index contributed by atoms with van der Waals surface area (Å²) < 4.78 is 21.6. The van der Waals surface area contributed by atoms with Crippen LogP contribution in [0.1, 0.15) is 72.6 Å². The van der Waals surface area contributed by atoms with Crippen molar-refractivity contribution in [2.45, 2.75) is 70.9 Å². The molecule has 0 fully saturated rings. The zero-order chi connectivity index (χ0) is 26.9. The maximum atomic E-state index is 14.2. The molecule has 38 heavy (non-hydrogen) atoms. The molecule has 1 atom stereocenters. The molecule has 0 spiro atoms. The molecule has 1 aromatic heterocycles. The number of nitrogens with zero attached hydrogens (tertiary/aromatic N) is 1. The predicted molar refractivity (Wildman–Crippen MR) is 151 cm³/mol. The molecule has 0 aliphatic heterocycles. The zero-order valence-corrected chi connectivity index (χ0v) is 22.5. The van der Waals surface area contributed by atoms with E-state index in [1.54, 1.807) is 30.3 Å². The molecule has 0 radical (unpaired) electrons. The number of amides is 1. The maximum absolute atomic E-state index is 14.2. The quantitative estimate of drug-likeness (QED) is 0.252. The lowest BCUT2D eigenvalue weighted by molar-refractivity contribution is 0.0916. The van der Waals surface area contributed by atoms with Crippen LogP contribution in [0.15, 0.2) is 54.7 Å². The van der Waals surface area contributed by atoms with Crippen LogP contribution in [0.3, 0.4) is 0 Å². The van der Waals surface area contributed by atoms with Gasteiger partial charge in [-0.1, -0.05) is 56.9 Å². The molecule has 0 saturated carbocycles. The summed E-state index contributed by atoms with van der Waals surface area (Å²) in [6.07, 6.45) is 15.4. The maximum Gasteiger partial charge on any atom is 0.251 e. The van der Waals surface area contributed by atoms with E-state index in [2.05, 4.69) is 35.2 Å². The Hall–Kier alpha value is -3.38. The highest BCUT2D eigenvalue weighted by Gasteiger charge is 2.21. The van der Waals surface area contributed by atoms with Crippen molar-refractivity contribution < 1.29 is 19.0 Å². The number of nitrogens with one attached hydrogen (secondary N) is 1. The van der Waals surface area contributed by atoms with Gasteiger partial charge < -0.3 is 19.7 Å². The number of allylic oxidation sites excluding steroid dienone is 1. The van der Waals surface area contributed by atoms with E-state index in [0.29, 0.717) is 17.5 Å². The summed E-state index contributed by atoms with van der Waals surface area (Å²) in [6.45, 7) is 3.07. The van der Waals surface area contributed by atoms with Crippen LogP contribution in [0.25, 0.3) is 17.2 Å². The third-order valence-corrected chi connectivity index (χ3v) is 7.29. The summed E-state index contributed by atoms with van der Waals surface area (Å²) in [5.74, 6) is -0.535. The number of benzene rings is 2. The van der Waals surface area contributed by atoms with Gasteiger partial charge in [0.15, 0.2) is 11.6 Å². The lowest BCUT2D eigenvalue weighted by Crippen LogP contribution is -2.39. The third-order valence-electron chi connectivity index (χ3n) is 7.29. The average Bonchev–Trinajstić information content (AvgIpc) is 3.29. The molecule has 0 saturated heterocycles. The zero-order valence-electron chi connectivity index (χ0n) is 22.5. The summed E-state index contributed by atoms with van der Waals surface area (Å²) in [7, 11) is 1.43. The molecule has 0 bridgehead atoms. The summed E-state index contributed by atoms with van der Waals surface area (Å²) in [5, 5.41) is 13.2. The minimum absolute atomic E-state index is 0.151. The van der Waals surface area contributed by atoms with Gasteiger partial charge in [-0.05, 0) is 78.3 Å². The van der Waals surface area contributed by atoms with E-state index < -0.39 is 11.9 Å². The summed E-state index contributed by atoms with van der Waals surface area (Å²) in [5.41, 5.74) is 5.65. The number of rotatable bonds is 13. The second-order valence-corrected chi connectivity index (χ2v) is 10.1. The molecule has 1 aliphatic carbocycles. The van der Waals surface area contributed by atoms with E-state index in [4.69, 9.17) is 4.74 Å². The van der Waals surface area contributed by atoms with E-state index in [1.165, 1.54) is 55.7 Å². The molecular weight excluding hydrogens is 479 g/mol. The second kappa shape index (κ2) is 13.4. The highest BCUT2D eigenvalue weighted by Crippen LogP contribution is 2.28. The van der Waals surface area contributed by atoms with Crippen molar-refractivity contribution in [1.82, 2.24) is 9.88 Å². The number of hydrogen-bond acceptors (Lipinski definition) is 3. The number of aliphatic hydroxyl groups excluding tert-OH is 1. The highest BCUT2D eigenvalue weighted by molar-refractivity contribution is 5.95. The standard InChI is InChI=1S/C32H39FN2O3/c1-3-4-5-6-9-17-35-21-26(28-13-7-8-14-30(28)35)19-27(22-36)34-32(37)25-12-10-11-23(18-25)24-15-16-31(38-2)29(33)20-24/h8,10-12,14-16,18,20-21,27,36H,3-7,9,13,17,19,22H2,1-2H3,(H,34,37)/t27-/m1/s1. The topological polar surface area (TPSA) is 63.5 Å². The van der Waals surface area contributed by atoms with Crippen LogP contribution >= 0.6 is 0 Å². The largest absolute Gasteiger partial charge is 0.494 e. The first-order valence-electron chi connectivity index (χ1n) is 13.8. The first-order chi connectivity index (χ1) is 18.5. The lowest BCUT2D eigenvalue weighted by Gasteiger charge is -2.18. The van der Waals surface area contributed by atoms with Crippen LogP contribution in [0.4, 0.5) is 4.39 Å². The number of ether oxygens (including phenoxy) is 1. The lowest BCUT2D eigenvalue weighted by atomic mass is 9.96. The van der Waals surface area contributed by atoms with Gasteiger partial charge in [0.2, 0.25) is 0 Å². The molecular formula is C32H39FN2O3. The van der Waals surface area contributed by atoms with Crippen molar-refractivity contribution >= 4 is 12.0 Å². The van der Waals surface area contributed by atoms with Crippen molar-refractivity contribution in [1.29, 1.82) is 0 Å². The van der Waals surface area contributed by atoms with Crippen molar-refractivity contribution in [2.24, 2.45) is 0 Å². The smallest absolute Gasteiger partial charge is 0.251 e. The molecule has 4 rings (SSSR count). The van der Waals surface area contributed by atoms with Gasteiger partial charge >= 0.3 is 0 Å². The minimum Gasteiger partial charge on any atom is -0.494 e. The summed E-state index contributed by atoms with van der Waals surface area (Å²) in [6, 6.07) is 11.4. The van der Waals surface area contributed by atoms with Crippen molar-refractivity contribution in [2.75, 3.05) is 13.7 Å². The Labute approximate surface area is 225 Å². The van der Waals surface area contributed by atoms with Crippen LogP contribution in [-0.2, 0) is 19.4 Å². The highest BCUT2D eigenvalue weighted by atomic mass is 19.1. The molecule has 5 nitrogen and oxygen atoms in total. The number of hydrogen-bond donors (Lipinski definition) is 2. The number of aliphatic hydroxyl groups is 1. The van der Waals surface area contributed by atoms with E-state index >= 15 is 0 Å². The number of methoxy groups -OCH3 is 1. The molecule has 0 unspecified atom stereocenters. The molecule has 1 heterocycles. The Bertz CT molecular complexity index is 1260. The average molecular weight is 519 g/mol. The van der Waals surface area contributed by atoms with Gasteiger partial charge in [0.05, 0.1) is 19.8 Å². The van der Waals surface area contributed by atoms with Gasteiger partial charge in [0, 0.05) is 24.0 Å². The van der Waals surface area contributed by atoms with Crippen molar-refractivity contribution in [3.05, 3.63) is 82.9 Å². The number of unbranched alkanes of at least 4 members (excludes halogenated alkanes) is 4. The van der Waals surface area contributed by atoms with E-state index in [-0.39, 0.29) is 18.3 Å². The summed E-state index contributed by atoms with van der Waals surface area (Å²) in [4.78, 5) is 13.1. The van der Waals surface area contributed by atoms with Crippen LogP contribution in [0, 0.1) is 5.82 Å². The van der Waals surface area contributed by atoms with Crippen molar-refractivity contribution in [3.63, 3.8) is 0 Å². The fourth-order valence-electron chi connectivity index (χ4n) is 5.21. The molecule has 2 aromatic carbocycles. The number of carbonyl (C=O) groups is 1. The Balaban J connectivity index is 1.45. The number of fused-ring (bicyclic) bond motifs is 1. The Morgan fingerprint density at radius 3 is 2.71 bits per heavy atom. The molecule has 1 amide bonds. The van der Waals surface area contributed by atoms with Gasteiger partial charge in [-0.2, -0.15) is 0 Å². The van der Waals surface area contributed by atoms with Gasteiger partial charge in [0.25, 0.3) is 5.91 Å². The summed E-state index contributed by atoms with van der Waals surface area (Å²) >= 11 is 0. The SMILES string of the molecule is CCCCCCCn1cc(C[C@H](CO)NC(=O)c2cccc(-c3ccc(OC)c(F)c3)c2)c2c1C=CCC2. The second-order valence-electron chi connectivity index (χ2n) is 10.1. The normalized spacial score (nSPS) is 13.3. The third kappa shape index (κ3) is 6.73. The van der Waals surface area contributed by atoms with Crippen LogP contribution in [0.5, 0.6) is 5.75 Å². The van der Waals surface area contributed by atoms with Crippen molar-refractivity contribution in [3.8, 4) is 16.9 Å². The molecule has 3 aromatic rings. The van der Waals surface area contributed by atoms with E-state index in [0.717, 1.165) is 31.4 Å². The Kier molecular flexibility index (Phi) is 9.77. The Morgan fingerprint density at radius 1 is 1.13 bits per heavy atom. The number of carbonyl (C=O) groups excluding carboxylic acids is 1. The molecule has 202 valence electrons. The van der Waals surface area contributed by atoms with Gasteiger partial charge in [-0.25, -0.2) is 4.39 Å². The fraction of sp³-hybridized carbons (Fsp3) is 0.406. The Morgan fingerprint density at radius 2 is 1.95 bits per heavy atom. The van der Waals surface area contributed by atoms with Gasteiger partial charge in [0.1, 0.15) is 0 Å². The minimum atomic E-state index is -0.453. The fourth-order valence-corrected chi connectivity index (χ4v) is 5.21. The number of halogens is 1. The first kappa shape index (κ1) is 27.6. The monoisotopic (exact) mass is 518 g/mol. The van der Waals surface area contributed by atoms with Crippen LogP contribution in [0.2, 0.25) is 0 Å². The molecule has 1 aliphatic rings. The number of aryl methyl sites for hydroxylation is 1.